The van der Waals surface area contributed by atoms with Gasteiger partial charge >= 0.3 is 0 Å². The summed E-state index contributed by atoms with van der Waals surface area (Å²) in [5.74, 6) is 0.780. The highest BCUT2D eigenvalue weighted by Crippen LogP contribution is 2.37. The molecule has 0 saturated heterocycles. The zero-order valence-electron chi connectivity index (χ0n) is 6.18. The zero-order valence-corrected chi connectivity index (χ0v) is 7.00. The van der Waals surface area contributed by atoms with Crippen LogP contribution in [0.15, 0.2) is 0 Å². The average Bonchev–Trinajstić information content (AvgIpc) is 2.17. The summed E-state index contributed by atoms with van der Waals surface area (Å²) in [6, 6.07) is 0. The van der Waals surface area contributed by atoms with E-state index in [9.17, 15) is 0 Å². The van der Waals surface area contributed by atoms with Crippen LogP contribution in [0.2, 0.25) is 0 Å². The predicted molar refractivity (Wildman–Crippen MR) is 42.9 cm³/mol. The molecule has 2 heteroatoms. The molecule has 9 heavy (non-hydrogen) atoms. The highest BCUT2D eigenvalue weighted by atomic mass is 35.5. The first-order chi connectivity index (χ1) is 3.62. The Hall–Kier alpha value is 0.250. The topological polar surface area (TPSA) is 26.0 Å². The van der Waals surface area contributed by atoms with Crippen molar-refractivity contribution in [1.82, 2.24) is 0 Å². The fourth-order valence-corrected chi connectivity index (χ4v) is 1.18. The molecule has 0 aliphatic heterocycles. The van der Waals surface area contributed by atoms with Crippen LogP contribution in [0.4, 0.5) is 0 Å². The van der Waals surface area contributed by atoms with Gasteiger partial charge in [0.25, 0.3) is 0 Å². The Morgan fingerprint density at radius 1 is 1.44 bits per heavy atom. The first-order valence-corrected chi connectivity index (χ1v) is 3.41. The summed E-state index contributed by atoms with van der Waals surface area (Å²) in [6.45, 7) is 4.46. The smallest absolute Gasteiger partial charge is 0.0158 e. The summed E-state index contributed by atoms with van der Waals surface area (Å²) in [5.41, 5.74) is 6.12. The van der Waals surface area contributed by atoms with Crippen molar-refractivity contribution in [2.75, 3.05) is 0 Å². The van der Waals surface area contributed by atoms with Gasteiger partial charge in [-0.15, -0.1) is 12.4 Å². The van der Waals surface area contributed by atoms with E-state index < -0.39 is 0 Å². The van der Waals surface area contributed by atoms with Gasteiger partial charge in [-0.25, -0.2) is 0 Å². The van der Waals surface area contributed by atoms with Crippen molar-refractivity contribution in [1.29, 1.82) is 0 Å². The molecule has 56 valence electrons. The molecule has 0 unspecified atom stereocenters. The Balaban J connectivity index is 0.000000640. The predicted octanol–water partition coefficient (Wildman–Crippen LogP) is 1.95. The van der Waals surface area contributed by atoms with Gasteiger partial charge in [0.15, 0.2) is 0 Å². The van der Waals surface area contributed by atoms with Crippen LogP contribution >= 0.6 is 12.4 Å². The SMILES string of the molecule is CC(C)CC1(N)CC1.Cl. The molecular formula is C7H16ClN. The molecule has 0 radical (unpaired) electrons. The van der Waals surface area contributed by atoms with E-state index in [1.807, 2.05) is 0 Å². The van der Waals surface area contributed by atoms with Gasteiger partial charge in [0.2, 0.25) is 0 Å². The second kappa shape index (κ2) is 2.89. The molecule has 1 nitrogen and oxygen atoms in total. The minimum absolute atomic E-state index is 0. The Morgan fingerprint density at radius 2 is 1.89 bits per heavy atom. The fraction of sp³-hybridized carbons (Fsp3) is 1.00. The van der Waals surface area contributed by atoms with Crippen molar-refractivity contribution < 1.29 is 0 Å². The molecular weight excluding hydrogens is 134 g/mol. The first kappa shape index (κ1) is 9.25. The molecule has 0 aromatic rings. The van der Waals surface area contributed by atoms with Crippen LogP contribution in [-0.2, 0) is 0 Å². The third-order valence-corrected chi connectivity index (χ3v) is 1.71. The maximum atomic E-state index is 5.85. The highest BCUT2D eigenvalue weighted by molar-refractivity contribution is 5.85. The molecule has 0 bridgehead atoms. The molecule has 0 spiro atoms. The summed E-state index contributed by atoms with van der Waals surface area (Å²) in [5, 5.41) is 0. The van der Waals surface area contributed by atoms with Gasteiger partial charge in [0.05, 0.1) is 0 Å². The summed E-state index contributed by atoms with van der Waals surface area (Å²) in [7, 11) is 0. The summed E-state index contributed by atoms with van der Waals surface area (Å²) in [4.78, 5) is 0. The van der Waals surface area contributed by atoms with E-state index in [2.05, 4.69) is 13.8 Å². The highest BCUT2D eigenvalue weighted by Gasteiger charge is 2.37. The van der Waals surface area contributed by atoms with Gasteiger partial charge in [0.1, 0.15) is 0 Å². The van der Waals surface area contributed by atoms with E-state index in [0.29, 0.717) is 0 Å². The summed E-state index contributed by atoms with van der Waals surface area (Å²) < 4.78 is 0. The van der Waals surface area contributed by atoms with E-state index in [4.69, 9.17) is 5.73 Å². The number of hydrogen-bond acceptors (Lipinski definition) is 1. The number of hydrogen-bond donors (Lipinski definition) is 1. The minimum Gasteiger partial charge on any atom is -0.325 e. The Morgan fingerprint density at radius 3 is 2.00 bits per heavy atom. The van der Waals surface area contributed by atoms with E-state index in [-0.39, 0.29) is 17.9 Å². The van der Waals surface area contributed by atoms with Crippen LogP contribution in [0, 0.1) is 5.92 Å². The molecule has 1 saturated carbocycles. The molecule has 1 rings (SSSR count). The van der Waals surface area contributed by atoms with Crippen molar-refractivity contribution in [2.45, 2.75) is 38.6 Å². The lowest BCUT2D eigenvalue weighted by Gasteiger charge is -2.09. The molecule has 0 aromatic carbocycles. The second-order valence-corrected chi connectivity index (χ2v) is 3.46. The maximum Gasteiger partial charge on any atom is 0.0158 e. The lowest BCUT2D eigenvalue weighted by atomic mass is 10.0. The fourth-order valence-electron chi connectivity index (χ4n) is 1.18. The second-order valence-electron chi connectivity index (χ2n) is 3.46. The van der Waals surface area contributed by atoms with Crippen molar-refractivity contribution in [3.05, 3.63) is 0 Å². The molecule has 2 N–H and O–H groups in total. The van der Waals surface area contributed by atoms with Crippen molar-refractivity contribution in [3.63, 3.8) is 0 Å². The number of halogens is 1. The number of rotatable bonds is 2. The van der Waals surface area contributed by atoms with Crippen LogP contribution in [0.1, 0.15) is 33.1 Å². The van der Waals surface area contributed by atoms with Gasteiger partial charge in [-0.3, -0.25) is 0 Å². The normalized spacial score (nSPS) is 21.3. The lowest BCUT2D eigenvalue weighted by molar-refractivity contribution is 0.485. The minimum atomic E-state index is 0. The average molecular weight is 150 g/mol. The van der Waals surface area contributed by atoms with E-state index >= 15 is 0 Å². The lowest BCUT2D eigenvalue weighted by Crippen LogP contribution is -2.23. The van der Waals surface area contributed by atoms with Crippen LogP contribution in [0.25, 0.3) is 0 Å². The third kappa shape index (κ3) is 3.07. The molecule has 1 aliphatic carbocycles. The van der Waals surface area contributed by atoms with Crippen LogP contribution in [0.5, 0.6) is 0 Å². The number of nitrogens with two attached hydrogens (primary N) is 1. The molecule has 1 fully saturated rings. The van der Waals surface area contributed by atoms with Gasteiger partial charge in [-0.05, 0) is 25.2 Å². The Bertz CT molecular complexity index is 86.9. The van der Waals surface area contributed by atoms with Gasteiger partial charge < -0.3 is 5.73 Å². The van der Waals surface area contributed by atoms with E-state index in [1.54, 1.807) is 0 Å². The molecule has 0 aromatic heterocycles. The molecule has 1 aliphatic rings. The van der Waals surface area contributed by atoms with Crippen LogP contribution in [0.3, 0.4) is 0 Å². The van der Waals surface area contributed by atoms with Crippen LogP contribution < -0.4 is 5.73 Å². The molecule has 0 heterocycles. The van der Waals surface area contributed by atoms with Crippen molar-refractivity contribution in [3.8, 4) is 0 Å². The molecule has 0 atom stereocenters. The third-order valence-electron chi connectivity index (χ3n) is 1.71. The standard InChI is InChI=1S/C7H15N.ClH/c1-6(2)5-7(8)3-4-7;/h6H,3-5,8H2,1-2H3;1H. The van der Waals surface area contributed by atoms with Crippen molar-refractivity contribution in [2.24, 2.45) is 11.7 Å². The van der Waals surface area contributed by atoms with E-state index in [1.165, 1.54) is 19.3 Å². The Labute approximate surface area is 63.4 Å². The first-order valence-electron chi connectivity index (χ1n) is 3.41. The largest absolute Gasteiger partial charge is 0.325 e. The van der Waals surface area contributed by atoms with Gasteiger partial charge in [-0.2, -0.15) is 0 Å². The maximum absolute atomic E-state index is 5.85. The summed E-state index contributed by atoms with van der Waals surface area (Å²) >= 11 is 0. The van der Waals surface area contributed by atoms with E-state index in [0.717, 1.165) is 5.92 Å². The monoisotopic (exact) mass is 149 g/mol. The Kier molecular flexibility index (Phi) is 2.97. The van der Waals surface area contributed by atoms with Gasteiger partial charge in [0, 0.05) is 5.54 Å². The zero-order chi connectivity index (χ0) is 6.20. The molecule has 0 amide bonds. The van der Waals surface area contributed by atoms with Gasteiger partial charge in [-0.1, -0.05) is 13.8 Å². The quantitative estimate of drug-likeness (QED) is 0.638. The summed E-state index contributed by atoms with van der Waals surface area (Å²) in [6.07, 6.45) is 3.73. The van der Waals surface area contributed by atoms with Crippen LogP contribution in [-0.4, -0.2) is 5.54 Å². The van der Waals surface area contributed by atoms with Crippen molar-refractivity contribution >= 4 is 12.4 Å².